The predicted octanol–water partition coefficient (Wildman–Crippen LogP) is 3.98. The Labute approximate surface area is 152 Å². The van der Waals surface area contributed by atoms with Crippen molar-refractivity contribution in [2.45, 2.75) is 31.1 Å². The Morgan fingerprint density at radius 1 is 1.16 bits per heavy atom. The molecule has 25 heavy (non-hydrogen) atoms. The lowest BCUT2D eigenvalue weighted by Gasteiger charge is -2.40. The van der Waals surface area contributed by atoms with E-state index in [2.05, 4.69) is 0 Å². The van der Waals surface area contributed by atoms with Gasteiger partial charge in [-0.3, -0.25) is 4.79 Å². The standard InChI is InChI=1S/C20H20ClNO3/c21-16-8-10-17(11-9-16)24-14-18-13-22-19(23)7-4-12-20(22,25-18)15-5-2-1-3-6-15/h1-3,5-6,8-11,18H,4,7,12-14H2/t18-,20+/m0/s1. The van der Waals surface area contributed by atoms with Crippen LogP contribution in [0.5, 0.6) is 5.75 Å². The lowest BCUT2D eigenvalue weighted by atomic mass is 9.91. The maximum atomic E-state index is 12.5. The summed E-state index contributed by atoms with van der Waals surface area (Å²) in [7, 11) is 0. The molecule has 0 aromatic heterocycles. The monoisotopic (exact) mass is 357 g/mol. The van der Waals surface area contributed by atoms with E-state index in [4.69, 9.17) is 21.1 Å². The first kappa shape index (κ1) is 16.4. The van der Waals surface area contributed by atoms with Crippen LogP contribution in [0.2, 0.25) is 5.02 Å². The number of carbonyl (C=O) groups excluding carboxylic acids is 1. The SMILES string of the molecule is O=C1CCC[C@]2(c3ccccc3)O[C@H](COc3ccc(Cl)cc3)CN12. The fourth-order valence-electron chi connectivity index (χ4n) is 3.71. The Bertz CT molecular complexity index is 749. The zero-order valence-electron chi connectivity index (χ0n) is 13.9. The fourth-order valence-corrected chi connectivity index (χ4v) is 3.84. The number of benzene rings is 2. The first-order chi connectivity index (χ1) is 12.2. The summed E-state index contributed by atoms with van der Waals surface area (Å²) in [6.45, 7) is 0.960. The van der Waals surface area contributed by atoms with Crippen LogP contribution < -0.4 is 4.74 Å². The van der Waals surface area contributed by atoms with Gasteiger partial charge in [0.2, 0.25) is 5.91 Å². The number of nitrogens with zero attached hydrogens (tertiary/aromatic N) is 1. The van der Waals surface area contributed by atoms with Crippen LogP contribution in [0.3, 0.4) is 0 Å². The van der Waals surface area contributed by atoms with Crippen LogP contribution in [0, 0.1) is 0 Å². The van der Waals surface area contributed by atoms with Crippen LogP contribution in [0.15, 0.2) is 54.6 Å². The highest BCUT2D eigenvalue weighted by Gasteiger charge is 2.52. The molecule has 2 aliphatic rings. The molecular formula is C20H20ClNO3. The molecule has 0 saturated carbocycles. The van der Waals surface area contributed by atoms with Crippen LogP contribution in [-0.4, -0.2) is 30.1 Å². The van der Waals surface area contributed by atoms with E-state index in [1.165, 1.54) is 0 Å². The van der Waals surface area contributed by atoms with Crippen molar-refractivity contribution in [1.82, 2.24) is 4.90 Å². The van der Waals surface area contributed by atoms with Gasteiger partial charge in [-0.25, -0.2) is 0 Å². The van der Waals surface area contributed by atoms with Gasteiger partial charge in [0, 0.05) is 23.4 Å². The van der Waals surface area contributed by atoms with Crippen LogP contribution in [0.1, 0.15) is 24.8 Å². The van der Waals surface area contributed by atoms with E-state index in [0.29, 0.717) is 24.6 Å². The van der Waals surface area contributed by atoms with Crippen molar-refractivity contribution < 1.29 is 14.3 Å². The van der Waals surface area contributed by atoms with Crippen molar-refractivity contribution in [3.63, 3.8) is 0 Å². The lowest BCUT2D eigenvalue weighted by Crippen LogP contribution is -2.48. The zero-order chi connectivity index (χ0) is 17.3. The number of halogens is 1. The molecule has 0 unspecified atom stereocenters. The summed E-state index contributed by atoms with van der Waals surface area (Å²) in [6.07, 6.45) is 2.09. The van der Waals surface area contributed by atoms with E-state index in [9.17, 15) is 4.79 Å². The van der Waals surface area contributed by atoms with Gasteiger partial charge < -0.3 is 14.4 Å². The minimum absolute atomic E-state index is 0.155. The van der Waals surface area contributed by atoms with Crippen molar-refractivity contribution in [3.8, 4) is 5.75 Å². The second kappa shape index (κ2) is 6.70. The van der Waals surface area contributed by atoms with Crippen LogP contribution >= 0.6 is 11.6 Å². The van der Waals surface area contributed by atoms with Gasteiger partial charge in [-0.1, -0.05) is 41.9 Å². The van der Waals surface area contributed by atoms with Crippen molar-refractivity contribution in [2.24, 2.45) is 0 Å². The highest BCUT2D eigenvalue weighted by atomic mass is 35.5. The molecule has 0 aliphatic carbocycles. The Morgan fingerprint density at radius 3 is 2.68 bits per heavy atom. The summed E-state index contributed by atoms with van der Waals surface area (Å²) in [5.41, 5.74) is 0.391. The van der Waals surface area contributed by atoms with Crippen molar-refractivity contribution in [2.75, 3.05) is 13.2 Å². The zero-order valence-corrected chi connectivity index (χ0v) is 14.6. The average Bonchev–Trinajstić information content (AvgIpc) is 3.03. The van der Waals surface area contributed by atoms with Gasteiger partial charge in [0.05, 0.1) is 6.54 Å². The molecule has 0 bridgehead atoms. The van der Waals surface area contributed by atoms with E-state index in [-0.39, 0.29) is 12.0 Å². The molecule has 4 rings (SSSR count). The first-order valence-electron chi connectivity index (χ1n) is 8.59. The van der Waals surface area contributed by atoms with Crippen LogP contribution in [-0.2, 0) is 15.3 Å². The predicted molar refractivity (Wildman–Crippen MR) is 95.5 cm³/mol. The third-order valence-corrected chi connectivity index (χ3v) is 5.12. The van der Waals surface area contributed by atoms with Crippen molar-refractivity contribution >= 4 is 17.5 Å². The quantitative estimate of drug-likeness (QED) is 0.830. The summed E-state index contributed by atoms with van der Waals surface area (Å²) in [6, 6.07) is 17.3. The molecule has 2 heterocycles. The summed E-state index contributed by atoms with van der Waals surface area (Å²) in [5.74, 6) is 0.905. The van der Waals surface area contributed by atoms with E-state index < -0.39 is 5.72 Å². The summed E-state index contributed by atoms with van der Waals surface area (Å²) >= 11 is 5.90. The summed E-state index contributed by atoms with van der Waals surface area (Å²) in [4.78, 5) is 14.4. The molecule has 2 aromatic carbocycles. The van der Waals surface area contributed by atoms with Crippen LogP contribution in [0.4, 0.5) is 0 Å². The molecule has 0 spiro atoms. The van der Waals surface area contributed by atoms with Gasteiger partial charge in [0.15, 0.2) is 5.72 Å². The van der Waals surface area contributed by atoms with E-state index in [0.717, 1.165) is 24.2 Å². The molecule has 2 fully saturated rings. The Kier molecular flexibility index (Phi) is 4.40. The van der Waals surface area contributed by atoms with Gasteiger partial charge in [0.25, 0.3) is 0 Å². The summed E-state index contributed by atoms with van der Waals surface area (Å²) < 4.78 is 12.3. The Balaban J connectivity index is 1.53. The van der Waals surface area contributed by atoms with Crippen molar-refractivity contribution in [1.29, 1.82) is 0 Å². The number of piperidine rings is 1. The number of carbonyl (C=O) groups is 1. The molecule has 4 nitrogen and oxygen atoms in total. The van der Waals surface area contributed by atoms with Gasteiger partial charge in [-0.2, -0.15) is 0 Å². The Morgan fingerprint density at radius 2 is 1.92 bits per heavy atom. The molecule has 130 valence electrons. The average molecular weight is 358 g/mol. The molecule has 2 aliphatic heterocycles. The molecule has 2 aromatic rings. The first-order valence-corrected chi connectivity index (χ1v) is 8.97. The van der Waals surface area contributed by atoms with Crippen LogP contribution in [0.25, 0.3) is 0 Å². The fraction of sp³-hybridized carbons (Fsp3) is 0.350. The number of hydrogen-bond acceptors (Lipinski definition) is 3. The third kappa shape index (κ3) is 3.12. The minimum Gasteiger partial charge on any atom is -0.491 e. The molecule has 2 saturated heterocycles. The number of rotatable bonds is 4. The van der Waals surface area contributed by atoms with E-state index in [1.54, 1.807) is 12.1 Å². The maximum Gasteiger partial charge on any atom is 0.225 e. The molecular weight excluding hydrogens is 338 g/mol. The Hall–Kier alpha value is -2.04. The highest BCUT2D eigenvalue weighted by Crippen LogP contribution is 2.44. The van der Waals surface area contributed by atoms with Gasteiger partial charge in [0.1, 0.15) is 18.5 Å². The van der Waals surface area contributed by atoms with Gasteiger partial charge in [-0.15, -0.1) is 0 Å². The van der Waals surface area contributed by atoms with Gasteiger partial charge in [-0.05, 0) is 30.7 Å². The molecule has 0 N–H and O–H groups in total. The highest BCUT2D eigenvalue weighted by molar-refractivity contribution is 6.30. The number of amides is 1. The maximum absolute atomic E-state index is 12.5. The van der Waals surface area contributed by atoms with Crippen molar-refractivity contribution in [3.05, 3.63) is 65.2 Å². The van der Waals surface area contributed by atoms with Gasteiger partial charge >= 0.3 is 0 Å². The largest absolute Gasteiger partial charge is 0.491 e. The molecule has 2 atom stereocenters. The topological polar surface area (TPSA) is 38.8 Å². The molecule has 5 heteroatoms. The third-order valence-electron chi connectivity index (χ3n) is 4.87. The van der Waals surface area contributed by atoms with E-state index in [1.807, 2.05) is 47.4 Å². The summed E-state index contributed by atoms with van der Waals surface area (Å²) in [5, 5.41) is 0.676. The molecule has 1 amide bonds. The number of hydrogen-bond donors (Lipinski definition) is 0. The smallest absolute Gasteiger partial charge is 0.225 e. The lowest BCUT2D eigenvalue weighted by molar-refractivity contribution is -0.166. The minimum atomic E-state index is -0.648. The van der Waals surface area contributed by atoms with E-state index >= 15 is 0 Å². The second-order valence-corrected chi connectivity index (χ2v) is 6.95. The molecule has 0 radical (unpaired) electrons. The number of fused-ring (bicyclic) bond motifs is 1. The second-order valence-electron chi connectivity index (χ2n) is 6.51. The normalized spacial score (nSPS) is 25.7. The number of ether oxygens (including phenoxy) is 2.